The molecule has 1 N–H and O–H groups in total. The second-order valence-corrected chi connectivity index (χ2v) is 2.89. The van der Waals surface area contributed by atoms with Gasteiger partial charge in [-0.05, 0) is 6.07 Å². The molecule has 0 aliphatic heterocycles. The summed E-state index contributed by atoms with van der Waals surface area (Å²) in [6.45, 7) is 0. The molecule has 0 spiro atoms. The Bertz CT molecular complexity index is 427. The van der Waals surface area contributed by atoms with E-state index in [9.17, 15) is 4.39 Å². The van der Waals surface area contributed by atoms with Gasteiger partial charge in [-0.2, -0.15) is 5.10 Å². The molecule has 0 aromatic carbocycles. The van der Waals surface area contributed by atoms with Crippen molar-refractivity contribution in [3.05, 3.63) is 35.5 Å². The Hall–Kier alpha value is -1.42. The summed E-state index contributed by atoms with van der Waals surface area (Å²) in [4.78, 5) is 3.70. The fraction of sp³-hybridized carbons (Fsp3) is 0. The fourth-order valence-corrected chi connectivity index (χ4v) is 1.22. The molecule has 2 rings (SSSR count). The topological polar surface area (TPSA) is 41.6 Å². The lowest BCUT2D eigenvalue weighted by Crippen LogP contribution is -1.83. The van der Waals surface area contributed by atoms with E-state index < -0.39 is 5.82 Å². The Morgan fingerprint density at radius 3 is 2.77 bits per heavy atom. The van der Waals surface area contributed by atoms with Crippen molar-refractivity contribution in [1.29, 1.82) is 0 Å². The average molecular weight is 198 g/mol. The summed E-state index contributed by atoms with van der Waals surface area (Å²) in [5, 5.41) is 6.83. The standard InChI is InChI=1S/C8H5ClFN3/c9-7-4-12-13-8(7)5-1-6(10)3-11-2-5/h1-4H,(H,12,13). The lowest BCUT2D eigenvalue weighted by molar-refractivity contribution is 0.622. The molecule has 2 aromatic rings. The molecule has 0 aliphatic rings. The van der Waals surface area contributed by atoms with E-state index in [1.807, 2.05) is 0 Å². The van der Waals surface area contributed by atoms with Crippen LogP contribution in [0.2, 0.25) is 5.02 Å². The van der Waals surface area contributed by atoms with Gasteiger partial charge in [0.25, 0.3) is 0 Å². The van der Waals surface area contributed by atoms with Crippen molar-refractivity contribution in [2.75, 3.05) is 0 Å². The van der Waals surface area contributed by atoms with Gasteiger partial charge in [-0.1, -0.05) is 11.6 Å². The molecular formula is C8H5ClFN3. The predicted octanol–water partition coefficient (Wildman–Crippen LogP) is 2.26. The molecule has 0 saturated heterocycles. The van der Waals surface area contributed by atoms with Gasteiger partial charge in [0, 0.05) is 11.8 Å². The van der Waals surface area contributed by atoms with Gasteiger partial charge in [0.05, 0.1) is 23.1 Å². The van der Waals surface area contributed by atoms with Gasteiger partial charge in [0.15, 0.2) is 0 Å². The van der Waals surface area contributed by atoms with Crippen LogP contribution in [0.1, 0.15) is 0 Å². The van der Waals surface area contributed by atoms with Crippen LogP contribution in [-0.2, 0) is 0 Å². The first kappa shape index (κ1) is 8.19. The maximum Gasteiger partial charge on any atom is 0.142 e. The number of hydrogen-bond donors (Lipinski definition) is 1. The van der Waals surface area contributed by atoms with Crippen LogP contribution in [0.5, 0.6) is 0 Å². The molecule has 0 radical (unpaired) electrons. The first-order chi connectivity index (χ1) is 6.27. The number of aromatic nitrogens is 3. The smallest absolute Gasteiger partial charge is 0.142 e. The molecule has 0 fully saturated rings. The van der Waals surface area contributed by atoms with Gasteiger partial charge in [0.2, 0.25) is 0 Å². The molecule has 0 amide bonds. The van der Waals surface area contributed by atoms with Crippen LogP contribution in [0.4, 0.5) is 4.39 Å². The van der Waals surface area contributed by atoms with Crippen molar-refractivity contribution in [1.82, 2.24) is 15.2 Å². The van der Waals surface area contributed by atoms with Crippen LogP contribution < -0.4 is 0 Å². The van der Waals surface area contributed by atoms with E-state index in [-0.39, 0.29) is 0 Å². The quantitative estimate of drug-likeness (QED) is 0.762. The summed E-state index contributed by atoms with van der Waals surface area (Å²) in [5.74, 6) is -0.400. The third-order valence-electron chi connectivity index (χ3n) is 1.59. The monoisotopic (exact) mass is 197 g/mol. The average Bonchev–Trinajstić information content (AvgIpc) is 2.51. The Labute approximate surface area is 78.6 Å². The number of pyridine rings is 1. The highest BCUT2D eigenvalue weighted by Gasteiger charge is 2.05. The highest BCUT2D eigenvalue weighted by Crippen LogP contribution is 2.24. The minimum Gasteiger partial charge on any atom is -0.276 e. The molecule has 5 heteroatoms. The molecule has 2 heterocycles. The fourth-order valence-electron chi connectivity index (χ4n) is 1.02. The van der Waals surface area contributed by atoms with E-state index in [4.69, 9.17) is 11.6 Å². The lowest BCUT2D eigenvalue weighted by atomic mass is 10.2. The zero-order chi connectivity index (χ0) is 9.26. The molecule has 0 aliphatic carbocycles. The second kappa shape index (κ2) is 3.14. The van der Waals surface area contributed by atoms with Gasteiger partial charge in [-0.15, -0.1) is 0 Å². The Morgan fingerprint density at radius 2 is 2.15 bits per heavy atom. The summed E-state index contributed by atoms with van der Waals surface area (Å²) in [7, 11) is 0. The predicted molar refractivity (Wildman–Crippen MR) is 46.8 cm³/mol. The highest BCUT2D eigenvalue weighted by molar-refractivity contribution is 6.32. The molecule has 13 heavy (non-hydrogen) atoms. The van der Waals surface area contributed by atoms with E-state index in [1.54, 1.807) is 0 Å². The molecule has 66 valence electrons. The highest BCUT2D eigenvalue weighted by atomic mass is 35.5. The van der Waals surface area contributed by atoms with Gasteiger partial charge in [-0.3, -0.25) is 10.1 Å². The Morgan fingerprint density at radius 1 is 1.31 bits per heavy atom. The van der Waals surface area contributed by atoms with E-state index in [2.05, 4.69) is 15.2 Å². The number of aromatic amines is 1. The molecule has 2 aromatic heterocycles. The summed E-state index contributed by atoms with van der Waals surface area (Å²) in [6, 6.07) is 1.34. The van der Waals surface area contributed by atoms with Crippen molar-refractivity contribution >= 4 is 11.6 Å². The maximum atomic E-state index is 12.8. The van der Waals surface area contributed by atoms with Gasteiger partial charge in [0.1, 0.15) is 5.82 Å². The number of H-pyrrole nitrogens is 1. The number of nitrogens with one attached hydrogen (secondary N) is 1. The van der Waals surface area contributed by atoms with Crippen LogP contribution in [0.3, 0.4) is 0 Å². The zero-order valence-electron chi connectivity index (χ0n) is 6.46. The third kappa shape index (κ3) is 1.53. The first-order valence-corrected chi connectivity index (χ1v) is 3.95. The largest absolute Gasteiger partial charge is 0.276 e. The van der Waals surface area contributed by atoms with Crippen molar-refractivity contribution in [2.24, 2.45) is 0 Å². The van der Waals surface area contributed by atoms with E-state index in [0.29, 0.717) is 16.3 Å². The van der Waals surface area contributed by atoms with E-state index in [1.165, 1.54) is 18.5 Å². The van der Waals surface area contributed by atoms with Crippen molar-refractivity contribution in [2.45, 2.75) is 0 Å². The zero-order valence-corrected chi connectivity index (χ0v) is 7.22. The molecule has 0 atom stereocenters. The summed E-state index contributed by atoms with van der Waals surface area (Å²) < 4.78 is 12.8. The maximum absolute atomic E-state index is 12.8. The van der Waals surface area contributed by atoms with Crippen LogP contribution in [-0.4, -0.2) is 15.2 Å². The summed E-state index contributed by atoms with van der Waals surface area (Å²) in [5.41, 5.74) is 1.16. The third-order valence-corrected chi connectivity index (χ3v) is 1.87. The van der Waals surface area contributed by atoms with Crippen molar-refractivity contribution in [3.8, 4) is 11.3 Å². The van der Waals surface area contributed by atoms with E-state index >= 15 is 0 Å². The Balaban J connectivity index is 2.53. The number of halogens is 2. The summed E-state index contributed by atoms with van der Waals surface area (Å²) >= 11 is 5.78. The molecular weight excluding hydrogens is 193 g/mol. The lowest BCUT2D eigenvalue weighted by Gasteiger charge is -1.96. The minimum atomic E-state index is -0.400. The van der Waals surface area contributed by atoms with Gasteiger partial charge in [-0.25, -0.2) is 4.39 Å². The molecule has 0 bridgehead atoms. The normalized spacial score (nSPS) is 10.3. The molecule has 0 saturated carbocycles. The number of hydrogen-bond acceptors (Lipinski definition) is 2. The molecule has 3 nitrogen and oxygen atoms in total. The van der Waals surface area contributed by atoms with E-state index in [0.717, 1.165) is 6.20 Å². The summed E-state index contributed by atoms with van der Waals surface area (Å²) in [6.07, 6.45) is 4.11. The first-order valence-electron chi connectivity index (χ1n) is 3.57. The van der Waals surface area contributed by atoms with Gasteiger partial charge >= 0.3 is 0 Å². The molecule has 0 unspecified atom stereocenters. The van der Waals surface area contributed by atoms with Crippen LogP contribution in [0, 0.1) is 5.82 Å². The van der Waals surface area contributed by atoms with Crippen LogP contribution in [0.25, 0.3) is 11.3 Å². The van der Waals surface area contributed by atoms with Crippen LogP contribution >= 0.6 is 11.6 Å². The SMILES string of the molecule is Fc1cncc(-c2[nH]ncc2Cl)c1. The Kier molecular flexibility index (Phi) is 1.98. The minimum absolute atomic E-state index is 0.400. The number of nitrogens with zero attached hydrogens (tertiary/aromatic N) is 2. The van der Waals surface area contributed by atoms with Gasteiger partial charge < -0.3 is 0 Å². The number of rotatable bonds is 1. The van der Waals surface area contributed by atoms with Crippen molar-refractivity contribution < 1.29 is 4.39 Å². The van der Waals surface area contributed by atoms with Crippen molar-refractivity contribution in [3.63, 3.8) is 0 Å². The van der Waals surface area contributed by atoms with Crippen LogP contribution in [0.15, 0.2) is 24.7 Å². The second-order valence-electron chi connectivity index (χ2n) is 2.48.